The first-order valence-corrected chi connectivity index (χ1v) is 10.1. The van der Waals surface area contributed by atoms with Crippen molar-refractivity contribution < 1.29 is 9.53 Å². The number of hydrogen-bond donors (Lipinski definition) is 1. The number of rotatable bonds is 7. The zero-order valence-corrected chi connectivity index (χ0v) is 17.3. The molecule has 0 aliphatic heterocycles. The van der Waals surface area contributed by atoms with Gasteiger partial charge in [-0.15, -0.1) is 0 Å². The van der Waals surface area contributed by atoms with Gasteiger partial charge < -0.3 is 14.6 Å². The Morgan fingerprint density at radius 3 is 2.40 bits per heavy atom. The molecule has 1 unspecified atom stereocenters. The highest BCUT2D eigenvalue weighted by atomic mass is 16.5. The molecule has 4 aromatic rings. The van der Waals surface area contributed by atoms with Gasteiger partial charge in [0.1, 0.15) is 5.75 Å². The van der Waals surface area contributed by atoms with Gasteiger partial charge in [0.25, 0.3) is 0 Å². The topological polar surface area (TPSA) is 43.3 Å². The molecule has 30 heavy (non-hydrogen) atoms. The van der Waals surface area contributed by atoms with Gasteiger partial charge in [-0.1, -0.05) is 60.7 Å². The van der Waals surface area contributed by atoms with Crippen LogP contribution in [0.15, 0.2) is 85.1 Å². The van der Waals surface area contributed by atoms with E-state index in [0.29, 0.717) is 13.0 Å². The SMILES string of the molecule is COc1ccc(C(CC(=O)NCc2ccccc2)c2cn(C)c3ccccc23)cc1. The van der Waals surface area contributed by atoms with Gasteiger partial charge >= 0.3 is 0 Å². The van der Waals surface area contributed by atoms with Gasteiger partial charge in [-0.25, -0.2) is 0 Å². The van der Waals surface area contributed by atoms with Crippen LogP contribution in [0.3, 0.4) is 0 Å². The van der Waals surface area contributed by atoms with E-state index in [9.17, 15) is 4.79 Å². The van der Waals surface area contributed by atoms with Gasteiger partial charge in [0, 0.05) is 43.0 Å². The summed E-state index contributed by atoms with van der Waals surface area (Å²) in [7, 11) is 3.71. The van der Waals surface area contributed by atoms with Crippen LogP contribution in [0.2, 0.25) is 0 Å². The molecule has 0 aliphatic rings. The van der Waals surface area contributed by atoms with Crippen LogP contribution >= 0.6 is 0 Å². The van der Waals surface area contributed by atoms with Crippen LogP contribution in [0.1, 0.15) is 29.0 Å². The van der Waals surface area contributed by atoms with Gasteiger partial charge in [-0.05, 0) is 34.9 Å². The first-order valence-electron chi connectivity index (χ1n) is 10.1. The molecule has 1 heterocycles. The van der Waals surface area contributed by atoms with Crippen LogP contribution in [-0.4, -0.2) is 17.6 Å². The third-order valence-corrected chi connectivity index (χ3v) is 5.54. The van der Waals surface area contributed by atoms with Crippen molar-refractivity contribution in [1.82, 2.24) is 9.88 Å². The third-order valence-electron chi connectivity index (χ3n) is 5.54. The second-order valence-electron chi connectivity index (χ2n) is 7.50. The Hall–Kier alpha value is -3.53. The molecule has 3 aromatic carbocycles. The summed E-state index contributed by atoms with van der Waals surface area (Å²) in [6.45, 7) is 0.532. The van der Waals surface area contributed by atoms with Crippen molar-refractivity contribution in [2.45, 2.75) is 18.9 Å². The summed E-state index contributed by atoms with van der Waals surface area (Å²) < 4.78 is 7.44. The molecular weight excluding hydrogens is 372 g/mol. The quantitative estimate of drug-likeness (QED) is 0.475. The van der Waals surface area contributed by atoms with E-state index < -0.39 is 0 Å². The number of carbonyl (C=O) groups excluding carboxylic acids is 1. The van der Waals surface area contributed by atoms with Gasteiger partial charge in [-0.3, -0.25) is 4.79 Å². The molecule has 1 amide bonds. The summed E-state index contributed by atoms with van der Waals surface area (Å²) in [6.07, 6.45) is 2.53. The van der Waals surface area contributed by atoms with Crippen LogP contribution in [0.5, 0.6) is 5.75 Å². The number of fused-ring (bicyclic) bond motifs is 1. The lowest BCUT2D eigenvalue weighted by Crippen LogP contribution is -2.25. The predicted molar refractivity (Wildman–Crippen MR) is 121 cm³/mol. The normalized spacial score (nSPS) is 11.9. The van der Waals surface area contributed by atoms with E-state index in [1.165, 1.54) is 5.39 Å². The van der Waals surface area contributed by atoms with E-state index >= 15 is 0 Å². The Morgan fingerprint density at radius 2 is 1.67 bits per heavy atom. The second-order valence-corrected chi connectivity index (χ2v) is 7.50. The molecule has 0 spiro atoms. The minimum absolute atomic E-state index is 0.0348. The molecular formula is C26H26N2O2. The number of benzene rings is 3. The highest BCUT2D eigenvalue weighted by molar-refractivity contribution is 5.86. The molecule has 1 aromatic heterocycles. The Kier molecular flexibility index (Phi) is 5.84. The zero-order valence-electron chi connectivity index (χ0n) is 17.3. The Balaban J connectivity index is 1.64. The first kappa shape index (κ1) is 19.8. The first-order chi connectivity index (χ1) is 14.7. The Labute approximate surface area is 177 Å². The fourth-order valence-electron chi connectivity index (χ4n) is 3.95. The zero-order chi connectivity index (χ0) is 20.9. The minimum atomic E-state index is -0.0437. The number of nitrogens with one attached hydrogen (secondary N) is 1. The average Bonchev–Trinajstić information content (AvgIpc) is 3.13. The molecule has 152 valence electrons. The smallest absolute Gasteiger partial charge is 0.221 e. The number of ether oxygens (including phenoxy) is 1. The summed E-state index contributed by atoms with van der Waals surface area (Å²) in [5.41, 5.74) is 4.52. The maximum atomic E-state index is 12.9. The average molecular weight is 399 g/mol. The second kappa shape index (κ2) is 8.87. The lowest BCUT2D eigenvalue weighted by molar-refractivity contribution is -0.121. The number of hydrogen-bond acceptors (Lipinski definition) is 2. The largest absolute Gasteiger partial charge is 0.497 e. The number of amides is 1. The van der Waals surface area contributed by atoms with E-state index in [1.54, 1.807) is 7.11 Å². The van der Waals surface area contributed by atoms with E-state index in [1.807, 2.05) is 61.6 Å². The number of para-hydroxylation sites is 1. The molecule has 4 rings (SSSR count). The lowest BCUT2D eigenvalue weighted by atomic mass is 9.88. The number of aromatic nitrogens is 1. The Morgan fingerprint density at radius 1 is 0.967 bits per heavy atom. The summed E-state index contributed by atoms with van der Waals surface area (Å²) in [4.78, 5) is 12.9. The van der Waals surface area contributed by atoms with Crippen molar-refractivity contribution in [2.75, 3.05) is 7.11 Å². The fraction of sp³-hybridized carbons (Fsp3) is 0.192. The fourth-order valence-corrected chi connectivity index (χ4v) is 3.95. The molecule has 0 saturated heterocycles. The van der Waals surface area contributed by atoms with Crippen molar-refractivity contribution in [3.63, 3.8) is 0 Å². The minimum Gasteiger partial charge on any atom is -0.497 e. The molecule has 0 aliphatic carbocycles. The van der Waals surface area contributed by atoms with Gasteiger partial charge in [0.2, 0.25) is 5.91 Å². The maximum Gasteiger partial charge on any atom is 0.221 e. The molecule has 4 nitrogen and oxygen atoms in total. The van der Waals surface area contributed by atoms with Crippen molar-refractivity contribution in [2.24, 2.45) is 7.05 Å². The van der Waals surface area contributed by atoms with Crippen molar-refractivity contribution in [1.29, 1.82) is 0 Å². The number of aryl methyl sites for hydroxylation is 1. The molecule has 0 saturated carbocycles. The summed E-state index contributed by atoms with van der Waals surface area (Å²) in [6, 6.07) is 26.3. The van der Waals surface area contributed by atoms with E-state index in [4.69, 9.17) is 4.74 Å². The molecule has 0 fully saturated rings. The molecule has 0 radical (unpaired) electrons. The van der Waals surface area contributed by atoms with Gasteiger partial charge in [-0.2, -0.15) is 0 Å². The van der Waals surface area contributed by atoms with Crippen molar-refractivity contribution >= 4 is 16.8 Å². The van der Waals surface area contributed by atoms with E-state index in [-0.39, 0.29) is 11.8 Å². The van der Waals surface area contributed by atoms with Gasteiger partial charge in [0.05, 0.1) is 7.11 Å². The highest BCUT2D eigenvalue weighted by Crippen LogP contribution is 2.35. The van der Waals surface area contributed by atoms with Crippen LogP contribution in [0.25, 0.3) is 10.9 Å². The molecule has 4 heteroatoms. The number of methoxy groups -OCH3 is 1. The summed E-state index contributed by atoms with van der Waals surface area (Å²) in [5, 5.41) is 4.25. The van der Waals surface area contributed by atoms with Crippen LogP contribution in [0, 0.1) is 0 Å². The predicted octanol–water partition coefficient (Wildman–Crippen LogP) is 5.03. The van der Waals surface area contributed by atoms with Crippen LogP contribution in [-0.2, 0) is 18.4 Å². The van der Waals surface area contributed by atoms with Crippen molar-refractivity contribution in [3.05, 3.63) is 102 Å². The number of carbonyl (C=O) groups is 1. The summed E-state index contributed by atoms with van der Waals surface area (Å²) in [5.74, 6) is 0.800. The molecule has 1 N–H and O–H groups in total. The highest BCUT2D eigenvalue weighted by Gasteiger charge is 2.22. The van der Waals surface area contributed by atoms with Crippen molar-refractivity contribution in [3.8, 4) is 5.75 Å². The van der Waals surface area contributed by atoms with E-state index in [2.05, 4.69) is 40.3 Å². The number of nitrogens with zero attached hydrogens (tertiary/aromatic N) is 1. The standard InChI is InChI=1S/C26H26N2O2/c1-28-18-24(22-10-6-7-11-25(22)28)23(20-12-14-21(30-2)15-13-20)16-26(29)27-17-19-8-4-3-5-9-19/h3-15,18,23H,16-17H2,1-2H3,(H,27,29). The molecule has 0 bridgehead atoms. The maximum absolute atomic E-state index is 12.9. The lowest BCUT2D eigenvalue weighted by Gasteiger charge is -2.18. The monoisotopic (exact) mass is 398 g/mol. The Bertz CT molecular complexity index is 1130. The van der Waals surface area contributed by atoms with E-state index in [0.717, 1.165) is 28.0 Å². The van der Waals surface area contributed by atoms with Crippen LogP contribution in [0.4, 0.5) is 0 Å². The van der Waals surface area contributed by atoms with Gasteiger partial charge in [0.15, 0.2) is 0 Å². The third kappa shape index (κ3) is 4.23. The summed E-state index contributed by atoms with van der Waals surface area (Å²) >= 11 is 0. The van der Waals surface area contributed by atoms with Crippen LogP contribution < -0.4 is 10.1 Å². The molecule has 1 atom stereocenters.